The average Bonchev–Trinajstić information content (AvgIpc) is 2.90. The fourth-order valence-corrected chi connectivity index (χ4v) is 4.37. The highest BCUT2D eigenvalue weighted by molar-refractivity contribution is 5.82. The zero-order valence-corrected chi connectivity index (χ0v) is 12.7. The number of likely N-dealkylation sites (tertiary alicyclic amines) is 1. The molecule has 3 atom stereocenters. The molecule has 1 aliphatic carbocycles. The van der Waals surface area contributed by atoms with Crippen molar-refractivity contribution in [3.8, 4) is 0 Å². The van der Waals surface area contributed by atoms with Gasteiger partial charge in [-0.1, -0.05) is 12.8 Å². The maximum absolute atomic E-state index is 12.6. The van der Waals surface area contributed by atoms with Crippen LogP contribution >= 0.6 is 0 Å². The molecule has 3 unspecified atom stereocenters. The molecule has 0 spiro atoms. The monoisotopic (exact) mass is 293 g/mol. The molecule has 0 aromatic rings. The zero-order chi connectivity index (χ0) is 14.8. The molecule has 3 N–H and O–H groups in total. The molecule has 0 aromatic carbocycles. The molecular formula is C16H27N3O2. The Morgan fingerprint density at radius 1 is 1.10 bits per heavy atom. The number of piperidine rings is 1. The van der Waals surface area contributed by atoms with Crippen LogP contribution in [0.3, 0.4) is 0 Å². The second-order valence-corrected chi connectivity index (χ2v) is 7.05. The molecule has 3 rings (SSSR count). The van der Waals surface area contributed by atoms with Gasteiger partial charge in [0.15, 0.2) is 0 Å². The van der Waals surface area contributed by atoms with E-state index in [0.717, 1.165) is 32.4 Å². The molecule has 21 heavy (non-hydrogen) atoms. The van der Waals surface area contributed by atoms with Crippen molar-refractivity contribution in [3.63, 3.8) is 0 Å². The fourth-order valence-electron chi connectivity index (χ4n) is 4.37. The van der Waals surface area contributed by atoms with E-state index in [1.54, 1.807) is 0 Å². The minimum Gasteiger partial charge on any atom is -0.370 e. The number of carbonyl (C=O) groups excluding carboxylic acids is 2. The van der Waals surface area contributed by atoms with Crippen molar-refractivity contribution in [3.05, 3.63) is 0 Å². The van der Waals surface area contributed by atoms with Gasteiger partial charge in [0.2, 0.25) is 11.8 Å². The maximum Gasteiger partial charge on any atom is 0.239 e. The van der Waals surface area contributed by atoms with Crippen molar-refractivity contribution in [1.82, 2.24) is 10.2 Å². The average molecular weight is 293 g/mol. The van der Waals surface area contributed by atoms with Crippen LogP contribution in [0.5, 0.6) is 0 Å². The van der Waals surface area contributed by atoms with E-state index in [-0.39, 0.29) is 17.9 Å². The molecule has 3 aliphatic rings. The van der Waals surface area contributed by atoms with E-state index < -0.39 is 0 Å². The smallest absolute Gasteiger partial charge is 0.239 e. The molecule has 2 saturated heterocycles. The predicted octanol–water partition coefficient (Wildman–Crippen LogP) is 1.02. The number of hydrogen-bond donors (Lipinski definition) is 2. The van der Waals surface area contributed by atoms with Crippen molar-refractivity contribution in [2.45, 2.75) is 63.5 Å². The number of amides is 2. The fraction of sp³-hybridized carbons (Fsp3) is 0.875. The van der Waals surface area contributed by atoms with E-state index in [1.807, 2.05) is 4.90 Å². The molecule has 2 heterocycles. The third-order valence-corrected chi connectivity index (χ3v) is 5.58. The minimum absolute atomic E-state index is 0.0331. The molecule has 0 bridgehead atoms. The highest BCUT2D eigenvalue weighted by Gasteiger charge is 2.40. The first kappa shape index (κ1) is 14.8. The maximum atomic E-state index is 12.6. The Bertz CT molecular complexity index is 390. The standard InChI is InChI=1S/C16H27N3O2/c17-15(20)9-11-5-7-19(8-6-11)16(21)14-10-12-3-1-2-4-13(12)18-14/h11-14,18H,1-10H2,(H2,17,20). The van der Waals surface area contributed by atoms with E-state index >= 15 is 0 Å². The van der Waals surface area contributed by atoms with Gasteiger partial charge in [-0.3, -0.25) is 9.59 Å². The molecular weight excluding hydrogens is 266 g/mol. The molecule has 0 radical (unpaired) electrons. The van der Waals surface area contributed by atoms with E-state index in [1.165, 1.54) is 25.7 Å². The van der Waals surface area contributed by atoms with E-state index in [9.17, 15) is 9.59 Å². The third kappa shape index (κ3) is 3.39. The predicted molar refractivity (Wildman–Crippen MR) is 80.4 cm³/mol. The van der Waals surface area contributed by atoms with E-state index in [2.05, 4.69) is 5.32 Å². The summed E-state index contributed by atoms with van der Waals surface area (Å²) in [4.78, 5) is 25.6. The molecule has 5 heteroatoms. The Hall–Kier alpha value is -1.10. The normalized spacial score (nSPS) is 33.7. The summed E-state index contributed by atoms with van der Waals surface area (Å²) in [5.74, 6) is 1.13. The quantitative estimate of drug-likeness (QED) is 0.816. The van der Waals surface area contributed by atoms with Gasteiger partial charge in [0, 0.05) is 25.6 Å². The van der Waals surface area contributed by atoms with Crippen LogP contribution in [0.1, 0.15) is 51.4 Å². The first-order chi connectivity index (χ1) is 10.1. The molecule has 1 saturated carbocycles. The Morgan fingerprint density at radius 3 is 2.48 bits per heavy atom. The van der Waals surface area contributed by atoms with Crippen LogP contribution in [-0.2, 0) is 9.59 Å². The summed E-state index contributed by atoms with van der Waals surface area (Å²) in [5, 5.41) is 3.57. The number of nitrogens with one attached hydrogen (secondary N) is 1. The topological polar surface area (TPSA) is 75.4 Å². The largest absolute Gasteiger partial charge is 0.370 e. The lowest BCUT2D eigenvalue weighted by atomic mass is 9.85. The Labute approximate surface area is 126 Å². The first-order valence-electron chi connectivity index (χ1n) is 8.46. The zero-order valence-electron chi connectivity index (χ0n) is 12.7. The van der Waals surface area contributed by atoms with Crippen molar-refractivity contribution in [2.24, 2.45) is 17.6 Å². The highest BCUT2D eigenvalue weighted by atomic mass is 16.2. The summed E-state index contributed by atoms with van der Waals surface area (Å²) >= 11 is 0. The number of hydrogen-bond acceptors (Lipinski definition) is 3. The molecule has 5 nitrogen and oxygen atoms in total. The molecule has 3 fully saturated rings. The van der Waals surface area contributed by atoms with Crippen LogP contribution < -0.4 is 11.1 Å². The second-order valence-electron chi connectivity index (χ2n) is 7.05. The van der Waals surface area contributed by atoms with Gasteiger partial charge in [0.05, 0.1) is 6.04 Å². The second kappa shape index (κ2) is 6.34. The summed E-state index contributed by atoms with van der Waals surface area (Å²) in [7, 11) is 0. The Kier molecular flexibility index (Phi) is 4.48. The molecule has 2 aliphatic heterocycles. The summed E-state index contributed by atoms with van der Waals surface area (Å²) in [6.07, 6.45) is 8.44. The Morgan fingerprint density at radius 2 is 1.81 bits per heavy atom. The van der Waals surface area contributed by atoms with Gasteiger partial charge in [-0.05, 0) is 43.9 Å². The van der Waals surface area contributed by atoms with Gasteiger partial charge in [-0.25, -0.2) is 0 Å². The molecule has 2 amide bonds. The van der Waals surface area contributed by atoms with E-state index in [4.69, 9.17) is 5.73 Å². The SMILES string of the molecule is NC(=O)CC1CCN(C(=O)C2CC3CCCCC3N2)CC1. The van der Waals surface area contributed by atoms with Gasteiger partial charge in [0.25, 0.3) is 0 Å². The molecule has 118 valence electrons. The number of nitrogens with zero attached hydrogens (tertiary/aromatic N) is 1. The Balaban J connectivity index is 1.49. The number of fused-ring (bicyclic) bond motifs is 1. The van der Waals surface area contributed by atoms with E-state index in [0.29, 0.717) is 24.3 Å². The van der Waals surface area contributed by atoms with Crippen LogP contribution in [-0.4, -0.2) is 41.9 Å². The number of rotatable bonds is 3. The summed E-state index contributed by atoms with van der Waals surface area (Å²) in [6.45, 7) is 1.56. The minimum atomic E-state index is -0.221. The third-order valence-electron chi connectivity index (χ3n) is 5.58. The molecule has 0 aromatic heterocycles. The first-order valence-corrected chi connectivity index (χ1v) is 8.46. The highest BCUT2D eigenvalue weighted by Crippen LogP contribution is 2.34. The van der Waals surface area contributed by atoms with Crippen molar-refractivity contribution < 1.29 is 9.59 Å². The van der Waals surface area contributed by atoms with Crippen molar-refractivity contribution in [1.29, 1.82) is 0 Å². The van der Waals surface area contributed by atoms with Crippen LogP contribution in [0.25, 0.3) is 0 Å². The summed E-state index contributed by atoms with van der Waals surface area (Å²) < 4.78 is 0. The van der Waals surface area contributed by atoms with Crippen LogP contribution in [0.4, 0.5) is 0 Å². The van der Waals surface area contributed by atoms with Gasteiger partial charge in [-0.2, -0.15) is 0 Å². The summed E-state index contributed by atoms with van der Waals surface area (Å²) in [5.41, 5.74) is 5.25. The van der Waals surface area contributed by atoms with Crippen LogP contribution in [0, 0.1) is 11.8 Å². The lowest BCUT2D eigenvalue weighted by Crippen LogP contribution is -2.48. The van der Waals surface area contributed by atoms with Gasteiger partial charge in [0.1, 0.15) is 0 Å². The van der Waals surface area contributed by atoms with Gasteiger partial charge < -0.3 is 16.0 Å². The van der Waals surface area contributed by atoms with Gasteiger partial charge in [-0.15, -0.1) is 0 Å². The summed E-state index contributed by atoms with van der Waals surface area (Å²) in [6, 6.07) is 0.603. The van der Waals surface area contributed by atoms with Gasteiger partial charge >= 0.3 is 0 Å². The van der Waals surface area contributed by atoms with Crippen molar-refractivity contribution >= 4 is 11.8 Å². The van der Waals surface area contributed by atoms with Crippen LogP contribution in [0.15, 0.2) is 0 Å². The number of primary amides is 1. The van der Waals surface area contributed by atoms with Crippen LogP contribution in [0.2, 0.25) is 0 Å². The van der Waals surface area contributed by atoms with Crippen molar-refractivity contribution in [2.75, 3.05) is 13.1 Å². The lowest BCUT2D eigenvalue weighted by molar-refractivity contribution is -0.134. The number of nitrogens with two attached hydrogens (primary N) is 1. The number of carbonyl (C=O) groups is 2. The lowest BCUT2D eigenvalue weighted by Gasteiger charge is -2.33.